The van der Waals surface area contributed by atoms with Crippen molar-refractivity contribution in [3.05, 3.63) is 24.3 Å². The van der Waals surface area contributed by atoms with E-state index >= 15 is 0 Å². The second kappa shape index (κ2) is 4.98. The van der Waals surface area contributed by atoms with Crippen LogP contribution in [0.2, 0.25) is 0 Å². The Hall–Kier alpha value is -1.56. The van der Waals surface area contributed by atoms with E-state index in [0.717, 1.165) is 0 Å². The molecule has 1 saturated heterocycles. The number of hydrogen-bond acceptors (Lipinski definition) is 4. The zero-order valence-corrected chi connectivity index (χ0v) is 8.69. The largest absolute Gasteiger partial charge is 0.345 e. The van der Waals surface area contributed by atoms with Crippen molar-refractivity contribution in [2.75, 3.05) is 13.1 Å². The molecule has 86 valence electrons. The van der Waals surface area contributed by atoms with Gasteiger partial charge in [-0.05, 0) is 13.0 Å². The number of nitrogens with one attached hydrogen (secondary N) is 2. The summed E-state index contributed by atoms with van der Waals surface area (Å²) in [7, 11) is 0. The summed E-state index contributed by atoms with van der Waals surface area (Å²) >= 11 is 0. The highest BCUT2D eigenvalue weighted by Gasteiger charge is 2.26. The van der Waals surface area contributed by atoms with Crippen molar-refractivity contribution < 1.29 is 9.18 Å². The molecule has 0 unspecified atom stereocenters. The van der Waals surface area contributed by atoms with Crippen molar-refractivity contribution in [2.45, 2.75) is 18.6 Å². The third-order valence-corrected chi connectivity index (χ3v) is 2.54. The van der Waals surface area contributed by atoms with Gasteiger partial charge < -0.3 is 10.6 Å². The minimum absolute atomic E-state index is 0.336. The molecule has 2 rings (SSSR count). The first-order valence-electron chi connectivity index (χ1n) is 5.18. The maximum atomic E-state index is 13.4. The quantitative estimate of drug-likeness (QED) is 0.736. The highest BCUT2D eigenvalue weighted by atomic mass is 19.1. The molecule has 5 nitrogen and oxygen atoms in total. The summed E-state index contributed by atoms with van der Waals surface area (Å²) in [5.74, 6) is -0.336. The van der Waals surface area contributed by atoms with Gasteiger partial charge in [-0.25, -0.2) is 14.4 Å². The topological polar surface area (TPSA) is 66.9 Å². The maximum absolute atomic E-state index is 13.4. The van der Waals surface area contributed by atoms with Gasteiger partial charge in [0.25, 0.3) is 5.91 Å². The van der Waals surface area contributed by atoms with Crippen molar-refractivity contribution in [2.24, 2.45) is 0 Å². The number of nitrogens with zero attached hydrogens (tertiary/aromatic N) is 2. The molecule has 0 aliphatic carbocycles. The molecule has 0 bridgehead atoms. The Morgan fingerprint density at radius 2 is 2.25 bits per heavy atom. The fourth-order valence-corrected chi connectivity index (χ4v) is 1.64. The third kappa shape index (κ3) is 2.52. The summed E-state index contributed by atoms with van der Waals surface area (Å²) in [4.78, 5) is 19.1. The summed E-state index contributed by atoms with van der Waals surface area (Å²) in [6.07, 6.45) is 3.60. The Kier molecular flexibility index (Phi) is 3.40. The minimum atomic E-state index is -0.991. The maximum Gasteiger partial charge on any atom is 0.254 e. The van der Waals surface area contributed by atoms with Crippen LogP contribution in [0.25, 0.3) is 0 Å². The normalized spacial score (nSPS) is 25.1. The van der Waals surface area contributed by atoms with Crippen LogP contribution in [0.4, 0.5) is 4.39 Å². The third-order valence-electron chi connectivity index (χ3n) is 2.54. The van der Waals surface area contributed by atoms with Crippen LogP contribution < -0.4 is 10.6 Å². The lowest BCUT2D eigenvalue weighted by atomic mass is 10.1. The Morgan fingerprint density at radius 1 is 1.50 bits per heavy atom. The molecule has 2 N–H and O–H groups in total. The molecule has 0 radical (unpaired) electrons. The van der Waals surface area contributed by atoms with Crippen LogP contribution in [0, 0.1) is 0 Å². The molecule has 1 fully saturated rings. The fraction of sp³-hybridized carbons (Fsp3) is 0.500. The second-order valence-corrected chi connectivity index (χ2v) is 3.72. The van der Waals surface area contributed by atoms with E-state index in [-0.39, 0.29) is 5.91 Å². The van der Waals surface area contributed by atoms with Crippen molar-refractivity contribution in [3.63, 3.8) is 0 Å². The van der Waals surface area contributed by atoms with Crippen LogP contribution in [0.15, 0.2) is 18.7 Å². The highest BCUT2D eigenvalue weighted by molar-refractivity contribution is 5.93. The van der Waals surface area contributed by atoms with Crippen LogP contribution in [0.1, 0.15) is 16.8 Å². The second-order valence-electron chi connectivity index (χ2n) is 3.72. The molecule has 2 heterocycles. The van der Waals surface area contributed by atoms with E-state index in [2.05, 4.69) is 20.6 Å². The Morgan fingerprint density at radius 3 is 2.94 bits per heavy atom. The standard InChI is InChI=1S/C10H13FN4O/c11-8-1-2-12-5-9(8)15-10(16)7-3-13-6-14-4-7/h3-4,6,8-9,12H,1-2,5H2,(H,15,16)/t8-,9+/m0/s1. The molecule has 0 spiro atoms. The first-order valence-corrected chi connectivity index (χ1v) is 5.18. The van der Waals surface area contributed by atoms with Crippen LogP contribution in [-0.2, 0) is 0 Å². The number of halogens is 1. The monoisotopic (exact) mass is 224 g/mol. The summed E-state index contributed by atoms with van der Waals surface area (Å²) in [6.45, 7) is 1.11. The van der Waals surface area contributed by atoms with E-state index in [4.69, 9.17) is 0 Å². The van der Waals surface area contributed by atoms with E-state index in [1.807, 2.05) is 0 Å². The average Bonchev–Trinajstić information content (AvgIpc) is 2.33. The van der Waals surface area contributed by atoms with Crippen molar-refractivity contribution in [1.82, 2.24) is 20.6 Å². The molecule has 1 aromatic heterocycles. The van der Waals surface area contributed by atoms with Gasteiger partial charge in [0, 0.05) is 18.9 Å². The van der Waals surface area contributed by atoms with E-state index < -0.39 is 12.2 Å². The molecular formula is C10H13FN4O. The van der Waals surface area contributed by atoms with Gasteiger partial charge in [0.1, 0.15) is 12.5 Å². The molecule has 1 aliphatic heterocycles. The Balaban J connectivity index is 1.96. The zero-order chi connectivity index (χ0) is 11.4. The predicted octanol–water partition coefficient (Wildman–Crippen LogP) is -0.0936. The van der Waals surface area contributed by atoms with Gasteiger partial charge in [0.05, 0.1) is 11.6 Å². The molecule has 0 aromatic carbocycles. The van der Waals surface area contributed by atoms with Crippen LogP contribution >= 0.6 is 0 Å². The number of piperidine rings is 1. The van der Waals surface area contributed by atoms with Gasteiger partial charge in [-0.3, -0.25) is 4.79 Å². The number of carbonyl (C=O) groups is 1. The average molecular weight is 224 g/mol. The van der Waals surface area contributed by atoms with E-state index in [1.54, 1.807) is 0 Å². The summed E-state index contributed by atoms with van der Waals surface area (Å²) < 4.78 is 13.4. The van der Waals surface area contributed by atoms with Crippen molar-refractivity contribution >= 4 is 5.91 Å². The number of amides is 1. The number of alkyl halides is 1. The first kappa shape index (κ1) is 10.9. The van der Waals surface area contributed by atoms with Crippen molar-refractivity contribution in [3.8, 4) is 0 Å². The van der Waals surface area contributed by atoms with Gasteiger partial charge in [-0.2, -0.15) is 0 Å². The molecule has 0 saturated carbocycles. The summed E-state index contributed by atoms with van der Waals surface area (Å²) in [6, 6.07) is -0.471. The SMILES string of the molecule is O=C(N[C@@H]1CNCC[C@@H]1F)c1cncnc1. The number of aromatic nitrogens is 2. The lowest BCUT2D eigenvalue weighted by molar-refractivity contribution is 0.0892. The smallest absolute Gasteiger partial charge is 0.254 e. The Labute approximate surface area is 92.5 Å². The lowest BCUT2D eigenvalue weighted by Crippen LogP contribution is -2.52. The van der Waals surface area contributed by atoms with Crippen molar-refractivity contribution in [1.29, 1.82) is 0 Å². The molecule has 1 aromatic rings. The molecule has 1 aliphatic rings. The number of carbonyl (C=O) groups excluding carboxylic acids is 1. The number of rotatable bonds is 2. The Bertz CT molecular complexity index is 359. The lowest BCUT2D eigenvalue weighted by Gasteiger charge is -2.27. The van der Waals surface area contributed by atoms with Gasteiger partial charge in [0.15, 0.2) is 0 Å². The van der Waals surface area contributed by atoms with E-state index in [9.17, 15) is 9.18 Å². The van der Waals surface area contributed by atoms with Crippen LogP contribution in [0.5, 0.6) is 0 Å². The summed E-state index contributed by atoms with van der Waals surface area (Å²) in [5, 5.41) is 5.66. The molecule has 1 amide bonds. The van der Waals surface area contributed by atoms with E-state index in [0.29, 0.717) is 25.1 Å². The predicted molar refractivity (Wildman–Crippen MR) is 55.7 cm³/mol. The first-order chi connectivity index (χ1) is 7.77. The van der Waals surface area contributed by atoms with Gasteiger partial charge >= 0.3 is 0 Å². The van der Waals surface area contributed by atoms with Gasteiger partial charge in [-0.1, -0.05) is 0 Å². The summed E-state index contributed by atoms with van der Waals surface area (Å²) in [5.41, 5.74) is 0.347. The van der Waals surface area contributed by atoms with E-state index in [1.165, 1.54) is 18.7 Å². The molecule has 6 heteroatoms. The molecule has 16 heavy (non-hydrogen) atoms. The zero-order valence-electron chi connectivity index (χ0n) is 8.69. The van der Waals surface area contributed by atoms with Crippen LogP contribution in [-0.4, -0.2) is 41.2 Å². The van der Waals surface area contributed by atoms with Crippen LogP contribution in [0.3, 0.4) is 0 Å². The van der Waals surface area contributed by atoms with Gasteiger partial charge in [-0.15, -0.1) is 0 Å². The molecular weight excluding hydrogens is 211 g/mol. The van der Waals surface area contributed by atoms with Gasteiger partial charge in [0.2, 0.25) is 0 Å². The fourth-order valence-electron chi connectivity index (χ4n) is 1.64. The number of hydrogen-bond donors (Lipinski definition) is 2. The molecule has 2 atom stereocenters. The minimum Gasteiger partial charge on any atom is -0.345 e. The highest BCUT2D eigenvalue weighted by Crippen LogP contribution is 2.08.